The lowest BCUT2D eigenvalue weighted by molar-refractivity contribution is 0.250. The van der Waals surface area contributed by atoms with E-state index in [0.717, 1.165) is 0 Å². The fourth-order valence-corrected chi connectivity index (χ4v) is 1.04. The molecule has 2 amide bonds. The molecular formula is C8H14N6O2. The summed E-state index contributed by atoms with van der Waals surface area (Å²) in [6.07, 6.45) is 1.35. The highest BCUT2D eigenvalue weighted by molar-refractivity contribution is 6.04. The van der Waals surface area contributed by atoms with E-state index in [1.165, 1.54) is 6.20 Å². The van der Waals surface area contributed by atoms with Crippen LogP contribution in [0.4, 0.5) is 10.6 Å². The highest BCUT2D eigenvalue weighted by Gasteiger charge is 2.12. The van der Waals surface area contributed by atoms with Crippen molar-refractivity contribution in [3.63, 3.8) is 0 Å². The molecule has 0 atom stereocenters. The lowest BCUT2D eigenvalue weighted by Crippen LogP contribution is -2.34. The predicted octanol–water partition coefficient (Wildman–Crippen LogP) is 0.0341. The van der Waals surface area contributed by atoms with Crippen molar-refractivity contribution in [3.05, 3.63) is 11.8 Å². The van der Waals surface area contributed by atoms with E-state index in [-0.39, 0.29) is 17.7 Å². The molecule has 0 spiro atoms. The van der Waals surface area contributed by atoms with Gasteiger partial charge in [0.05, 0.1) is 11.8 Å². The first kappa shape index (κ1) is 11.8. The molecule has 0 saturated carbocycles. The number of amidine groups is 1. The number of aromatic amines is 1. The van der Waals surface area contributed by atoms with Crippen LogP contribution in [0.25, 0.3) is 0 Å². The molecule has 16 heavy (non-hydrogen) atoms. The monoisotopic (exact) mass is 226 g/mol. The van der Waals surface area contributed by atoms with Gasteiger partial charge in [-0.05, 0) is 13.8 Å². The van der Waals surface area contributed by atoms with E-state index in [4.69, 9.17) is 10.9 Å². The van der Waals surface area contributed by atoms with Crippen LogP contribution in [0.3, 0.4) is 0 Å². The summed E-state index contributed by atoms with van der Waals surface area (Å²) in [5.41, 5.74) is 5.71. The van der Waals surface area contributed by atoms with Crippen molar-refractivity contribution in [2.24, 2.45) is 10.9 Å². The maximum Gasteiger partial charge on any atom is 0.320 e. The first-order chi connectivity index (χ1) is 7.54. The van der Waals surface area contributed by atoms with E-state index in [0.29, 0.717) is 5.56 Å². The van der Waals surface area contributed by atoms with Gasteiger partial charge in [0.1, 0.15) is 5.82 Å². The third-order valence-corrected chi connectivity index (χ3v) is 1.68. The van der Waals surface area contributed by atoms with Gasteiger partial charge in [-0.2, -0.15) is 5.10 Å². The Labute approximate surface area is 91.9 Å². The summed E-state index contributed by atoms with van der Waals surface area (Å²) < 4.78 is 0. The molecular weight excluding hydrogens is 212 g/mol. The third kappa shape index (κ3) is 2.87. The Morgan fingerprint density at radius 1 is 1.69 bits per heavy atom. The van der Waals surface area contributed by atoms with E-state index in [1.54, 1.807) is 0 Å². The van der Waals surface area contributed by atoms with Gasteiger partial charge in [-0.1, -0.05) is 5.16 Å². The van der Waals surface area contributed by atoms with Gasteiger partial charge in [0.25, 0.3) is 0 Å². The van der Waals surface area contributed by atoms with Crippen LogP contribution in [0.1, 0.15) is 19.4 Å². The van der Waals surface area contributed by atoms with Crippen molar-refractivity contribution in [3.8, 4) is 0 Å². The Kier molecular flexibility index (Phi) is 3.70. The maximum absolute atomic E-state index is 11.4. The fraction of sp³-hybridized carbons (Fsp3) is 0.375. The maximum atomic E-state index is 11.4. The molecule has 0 saturated heterocycles. The van der Waals surface area contributed by atoms with Crippen LogP contribution in [-0.2, 0) is 0 Å². The number of amides is 2. The standard InChI is InChI=1S/C8H14N6O2/c1-4(2)11-8(15)12-7-5(3-10-13-7)6(9)14-16/h3-4,16H,1-2H3,(H2,9,14)(H3,10,11,12,13,15). The topological polar surface area (TPSA) is 128 Å². The van der Waals surface area contributed by atoms with Crippen molar-refractivity contribution in [1.82, 2.24) is 15.5 Å². The van der Waals surface area contributed by atoms with Crippen molar-refractivity contribution < 1.29 is 10.0 Å². The molecule has 1 heterocycles. The Balaban J connectivity index is 2.75. The number of hydrogen-bond donors (Lipinski definition) is 5. The summed E-state index contributed by atoms with van der Waals surface area (Å²) in [5, 5.41) is 22.7. The molecule has 0 unspecified atom stereocenters. The second-order valence-electron chi connectivity index (χ2n) is 3.40. The molecule has 1 rings (SSSR count). The minimum Gasteiger partial charge on any atom is -0.409 e. The number of hydrogen-bond acceptors (Lipinski definition) is 4. The van der Waals surface area contributed by atoms with Crippen molar-refractivity contribution in [2.75, 3.05) is 5.32 Å². The van der Waals surface area contributed by atoms with Crippen molar-refractivity contribution in [1.29, 1.82) is 0 Å². The smallest absolute Gasteiger partial charge is 0.320 e. The number of nitrogens with one attached hydrogen (secondary N) is 3. The molecule has 0 radical (unpaired) electrons. The van der Waals surface area contributed by atoms with Crippen LogP contribution in [0.15, 0.2) is 11.4 Å². The molecule has 0 aliphatic carbocycles. The predicted molar refractivity (Wildman–Crippen MR) is 58.4 cm³/mol. The van der Waals surface area contributed by atoms with Gasteiger partial charge in [-0.15, -0.1) is 0 Å². The van der Waals surface area contributed by atoms with E-state index >= 15 is 0 Å². The van der Waals surface area contributed by atoms with Gasteiger partial charge >= 0.3 is 6.03 Å². The van der Waals surface area contributed by atoms with Gasteiger partial charge in [-0.3, -0.25) is 10.4 Å². The molecule has 6 N–H and O–H groups in total. The quantitative estimate of drug-likeness (QED) is 0.215. The number of anilines is 1. The van der Waals surface area contributed by atoms with E-state index in [9.17, 15) is 4.79 Å². The third-order valence-electron chi connectivity index (χ3n) is 1.68. The Bertz CT molecular complexity index is 397. The summed E-state index contributed by atoms with van der Waals surface area (Å²) in [7, 11) is 0. The second kappa shape index (κ2) is 5.01. The number of rotatable bonds is 3. The van der Waals surface area contributed by atoms with Gasteiger partial charge < -0.3 is 16.3 Å². The van der Waals surface area contributed by atoms with Crippen LogP contribution in [0.2, 0.25) is 0 Å². The van der Waals surface area contributed by atoms with Gasteiger partial charge in [0, 0.05) is 6.04 Å². The molecule has 1 aromatic heterocycles. The van der Waals surface area contributed by atoms with Crippen molar-refractivity contribution >= 4 is 17.7 Å². The Morgan fingerprint density at radius 3 is 2.94 bits per heavy atom. The van der Waals surface area contributed by atoms with Crippen LogP contribution in [-0.4, -0.2) is 33.3 Å². The van der Waals surface area contributed by atoms with Crippen LogP contribution in [0, 0.1) is 0 Å². The molecule has 0 aliphatic rings. The molecule has 0 aliphatic heterocycles. The first-order valence-electron chi connectivity index (χ1n) is 4.63. The lowest BCUT2D eigenvalue weighted by atomic mass is 10.3. The van der Waals surface area contributed by atoms with Crippen LogP contribution in [0.5, 0.6) is 0 Å². The molecule has 0 bridgehead atoms. The number of oxime groups is 1. The zero-order valence-corrected chi connectivity index (χ0v) is 8.98. The summed E-state index contributed by atoms with van der Waals surface area (Å²) in [4.78, 5) is 11.4. The molecule has 8 heteroatoms. The summed E-state index contributed by atoms with van der Waals surface area (Å²) >= 11 is 0. The number of carbonyl (C=O) groups excluding carboxylic acids is 1. The van der Waals surface area contributed by atoms with Gasteiger partial charge in [0.15, 0.2) is 5.84 Å². The minimum atomic E-state index is -0.397. The fourth-order valence-electron chi connectivity index (χ4n) is 1.04. The summed E-state index contributed by atoms with van der Waals surface area (Å²) in [6.45, 7) is 3.66. The number of H-pyrrole nitrogens is 1. The number of nitrogens with two attached hydrogens (primary N) is 1. The van der Waals surface area contributed by atoms with Crippen LogP contribution < -0.4 is 16.4 Å². The molecule has 0 aromatic carbocycles. The zero-order valence-electron chi connectivity index (χ0n) is 8.98. The summed E-state index contributed by atoms with van der Waals surface area (Å²) in [6, 6.07) is -0.388. The van der Waals surface area contributed by atoms with E-state index in [1.807, 2.05) is 13.8 Å². The lowest BCUT2D eigenvalue weighted by Gasteiger charge is -2.09. The zero-order chi connectivity index (χ0) is 12.1. The average Bonchev–Trinajstić information content (AvgIpc) is 2.63. The molecule has 0 fully saturated rings. The average molecular weight is 226 g/mol. The normalized spacial score (nSPS) is 11.6. The highest BCUT2D eigenvalue weighted by atomic mass is 16.4. The number of carbonyl (C=O) groups is 1. The molecule has 8 nitrogen and oxygen atoms in total. The van der Waals surface area contributed by atoms with Crippen LogP contribution >= 0.6 is 0 Å². The molecule has 1 aromatic rings. The number of aromatic nitrogens is 2. The van der Waals surface area contributed by atoms with Gasteiger partial charge in [-0.25, -0.2) is 4.79 Å². The Hall–Kier alpha value is -2.25. The second-order valence-corrected chi connectivity index (χ2v) is 3.40. The summed E-state index contributed by atoms with van der Waals surface area (Å²) in [5.74, 6) is 0.141. The van der Waals surface area contributed by atoms with E-state index < -0.39 is 6.03 Å². The SMILES string of the molecule is CC(C)NC(=O)Nc1[nH]ncc1C(N)=NO. The first-order valence-corrected chi connectivity index (χ1v) is 4.63. The largest absolute Gasteiger partial charge is 0.409 e. The van der Waals surface area contributed by atoms with E-state index in [2.05, 4.69) is 26.0 Å². The number of urea groups is 1. The van der Waals surface area contributed by atoms with Gasteiger partial charge in [0.2, 0.25) is 0 Å². The number of nitrogens with zero attached hydrogens (tertiary/aromatic N) is 2. The van der Waals surface area contributed by atoms with Crippen molar-refractivity contribution in [2.45, 2.75) is 19.9 Å². The molecule has 88 valence electrons. The highest BCUT2D eigenvalue weighted by Crippen LogP contribution is 2.09. The Morgan fingerprint density at radius 2 is 2.38 bits per heavy atom. The minimum absolute atomic E-state index is 0.00947.